The molecule has 5 rings (SSSR count). The third-order valence-electron chi connectivity index (χ3n) is 5.87. The Balaban J connectivity index is 1.42. The van der Waals surface area contributed by atoms with Gasteiger partial charge in [-0.3, -0.25) is 19.7 Å². The fraction of sp³-hybridized carbons (Fsp3) is 0.217. The van der Waals surface area contributed by atoms with Crippen LogP contribution in [0.2, 0.25) is 0 Å². The number of esters is 1. The van der Waals surface area contributed by atoms with Gasteiger partial charge in [-0.05, 0) is 36.2 Å². The molecule has 1 N–H and O–H groups in total. The number of amides is 3. The van der Waals surface area contributed by atoms with Crippen molar-refractivity contribution in [1.29, 1.82) is 0 Å². The van der Waals surface area contributed by atoms with E-state index in [2.05, 4.69) is 15.6 Å². The minimum Gasteiger partial charge on any atom is -0.465 e. The smallest absolute Gasteiger partial charge is 0.338 e. The number of fused-ring (bicyclic) bond motifs is 1. The summed E-state index contributed by atoms with van der Waals surface area (Å²) in [6.07, 6.45) is 2.21. The van der Waals surface area contributed by atoms with Crippen LogP contribution in [-0.2, 0) is 20.9 Å². The third kappa shape index (κ3) is 3.55. The Morgan fingerprint density at radius 1 is 1.12 bits per heavy atom. The topological polar surface area (TPSA) is 123 Å². The normalized spacial score (nSPS) is 17.7. The Morgan fingerprint density at radius 2 is 1.94 bits per heavy atom. The van der Waals surface area contributed by atoms with E-state index >= 15 is 0 Å². The Labute approximate surface area is 188 Å². The Kier molecular flexibility index (Phi) is 4.97. The molecule has 2 aliphatic rings. The number of hydrogen-bond acceptors (Lipinski definition) is 7. The average Bonchev–Trinajstić information content (AvgIpc) is 3.44. The van der Waals surface area contributed by atoms with Crippen LogP contribution in [0.1, 0.15) is 39.1 Å². The van der Waals surface area contributed by atoms with Crippen LogP contribution in [0, 0.1) is 0 Å². The molecule has 0 aliphatic carbocycles. The van der Waals surface area contributed by atoms with E-state index in [9.17, 15) is 19.2 Å². The second-order valence-corrected chi connectivity index (χ2v) is 7.83. The lowest BCUT2D eigenvalue weighted by molar-refractivity contribution is -0.136. The average molecular weight is 445 g/mol. The van der Waals surface area contributed by atoms with Crippen LogP contribution < -0.4 is 5.32 Å². The maximum Gasteiger partial charge on any atom is 0.338 e. The molecule has 1 unspecified atom stereocenters. The van der Waals surface area contributed by atoms with Gasteiger partial charge in [0.2, 0.25) is 11.8 Å². The first-order valence-electron chi connectivity index (χ1n) is 10.3. The zero-order chi connectivity index (χ0) is 23.1. The SMILES string of the molecule is COC(=O)c1ccccc1-c1cn(-c2ccc3c(c2)CN(C2CCC(=O)NC2=O)C3=O)nn1. The first-order valence-corrected chi connectivity index (χ1v) is 10.3. The van der Waals surface area contributed by atoms with Gasteiger partial charge in [0, 0.05) is 24.1 Å². The van der Waals surface area contributed by atoms with Crippen LogP contribution in [0.15, 0.2) is 48.7 Å². The van der Waals surface area contributed by atoms with Crippen molar-refractivity contribution in [2.75, 3.05) is 7.11 Å². The van der Waals surface area contributed by atoms with Gasteiger partial charge < -0.3 is 9.64 Å². The quantitative estimate of drug-likeness (QED) is 0.477. The zero-order valence-corrected chi connectivity index (χ0v) is 17.6. The number of ether oxygens (including phenoxy) is 1. The second-order valence-electron chi connectivity index (χ2n) is 7.83. The highest BCUT2D eigenvalue weighted by atomic mass is 16.5. The fourth-order valence-corrected chi connectivity index (χ4v) is 4.21. The van der Waals surface area contributed by atoms with Crippen molar-refractivity contribution in [3.63, 3.8) is 0 Å². The lowest BCUT2D eigenvalue weighted by Gasteiger charge is -2.29. The van der Waals surface area contributed by atoms with Crippen molar-refractivity contribution in [3.8, 4) is 16.9 Å². The van der Waals surface area contributed by atoms with Crippen LogP contribution in [0.25, 0.3) is 16.9 Å². The predicted molar refractivity (Wildman–Crippen MR) is 114 cm³/mol. The van der Waals surface area contributed by atoms with Gasteiger partial charge in [0.05, 0.1) is 24.6 Å². The number of aromatic nitrogens is 3. The van der Waals surface area contributed by atoms with E-state index in [-0.39, 0.29) is 24.8 Å². The summed E-state index contributed by atoms with van der Waals surface area (Å²) < 4.78 is 6.40. The molecule has 2 aliphatic heterocycles. The molecule has 33 heavy (non-hydrogen) atoms. The fourth-order valence-electron chi connectivity index (χ4n) is 4.21. The van der Waals surface area contributed by atoms with E-state index in [1.54, 1.807) is 47.3 Å². The monoisotopic (exact) mass is 445 g/mol. The summed E-state index contributed by atoms with van der Waals surface area (Å²) in [6, 6.07) is 11.6. The minimum absolute atomic E-state index is 0.205. The number of nitrogens with one attached hydrogen (secondary N) is 1. The lowest BCUT2D eigenvalue weighted by atomic mass is 10.0. The number of hydrogen-bond donors (Lipinski definition) is 1. The number of rotatable bonds is 4. The summed E-state index contributed by atoms with van der Waals surface area (Å²) in [5.74, 6) is -1.47. The van der Waals surface area contributed by atoms with Crippen molar-refractivity contribution in [2.45, 2.75) is 25.4 Å². The molecule has 1 saturated heterocycles. The summed E-state index contributed by atoms with van der Waals surface area (Å²) in [4.78, 5) is 50.1. The molecule has 1 aromatic heterocycles. The van der Waals surface area contributed by atoms with Gasteiger partial charge in [0.15, 0.2) is 0 Å². The van der Waals surface area contributed by atoms with E-state index in [4.69, 9.17) is 4.74 Å². The second kappa shape index (κ2) is 7.97. The molecule has 0 bridgehead atoms. The van der Waals surface area contributed by atoms with Gasteiger partial charge in [-0.25, -0.2) is 9.48 Å². The van der Waals surface area contributed by atoms with Crippen molar-refractivity contribution in [3.05, 3.63) is 65.4 Å². The first kappa shape index (κ1) is 20.6. The van der Waals surface area contributed by atoms with Crippen LogP contribution in [0.5, 0.6) is 0 Å². The molecular weight excluding hydrogens is 426 g/mol. The molecule has 0 spiro atoms. The van der Waals surface area contributed by atoms with Crippen molar-refractivity contribution >= 4 is 23.7 Å². The van der Waals surface area contributed by atoms with E-state index in [1.807, 2.05) is 6.07 Å². The summed E-state index contributed by atoms with van der Waals surface area (Å²) >= 11 is 0. The minimum atomic E-state index is -0.668. The Bertz CT molecular complexity index is 1310. The van der Waals surface area contributed by atoms with Gasteiger partial charge in [-0.2, -0.15) is 0 Å². The number of imide groups is 1. The molecule has 0 radical (unpaired) electrons. The maximum absolute atomic E-state index is 12.9. The highest BCUT2D eigenvalue weighted by Gasteiger charge is 2.39. The van der Waals surface area contributed by atoms with Gasteiger partial charge in [0.1, 0.15) is 11.7 Å². The number of piperidine rings is 1. The van der Waals surface area contributed by atoms with Gasteiger partial charge in [-0.1, -0.05) is 23.4 Å². The van der Waals surface area contributed by atoms with Gasteiger partial charge >= 0.3 is 5.97 Å². The first-order chi connectivity index (χ1) is 16.0. The van der Waals surface area contributed by atoms with E-state index in [0.717, 1.165) is 5.56 Å². The van der Waals surface area contributed by atoms with Crippen LogP contribution in [0.3, 0.4) is 0 Å². The molecule has 1 atom stereocenters. The molecule has 3 amide bonds. The molecule has 10 nitrogen and oxygen atoms in total. The van der Waals surface area contributed by atoms with Gasteiger partial charge in [-0.15, -0.1) is 5.10 Å². The van der Waals surface area contributed by atoms with Crippen LogP contribution >= 0.6 is 0 Å². The zero-order valence-electron chi connectivity index (χ0n) is 17.6. The van der Waals surface area contributed by atoms with Crippen molar-refractivity contribution in [1.82, 2.24) is 25.2 Å². The third-order valence-corrected chi connectivity index (χ3v) is 5.87. The molecule has 2 aromatic carbocycles. The molecule has 0 saturated carbocycles. The summed E-state index contributed by atoms with van der Waals surface area (Å²) in [5, 5.41) is 10.7. The number of benzene rings is 2. The highest BCUT2D eigenvalue weighted by molar-refractivity contribution is 6.05. The van der Waals surface area contributed by atoms with Crippen molar-refractivity contribution < 1.29 is 23.9 Å². The molecule has 3 heterocycles. The molecule has 3 aromatic rings. The van der Waals surface area contributed by atoms with Gasteiger partial charge in [0.25, 0.3) is 5.91 Å². The lowest BCUT2D eigenvalue weighted by Crippen LogP contribution is -2.52. The number of methoxy groups -OCH3 is 1. The summed E-state index contributed by atoms with van der Waals surface area (Å²) in [6.45, 7) is 0.265. The van der Waals surface area contributed by atoms with Crippen LogP contribution in [0.4, 0.5) is 0 Å². The predicted octanol–water partition coefficient (Wildman–Crippen LogP) is 1.48. The highest BCUT2D eigenvalue weighted by Crippen LogP contribution is 2.29. The number of nitrogens with zero attached hydrogens (tertiary/aromatic N) is 4. The largest absolute Gasteiger partial charge is 0.465 e. The van der Waals surface area contributed by atoms with E-state index in [1.165, 1.54) is 12.0 Å². The maximum atomic E-state index is 12.9. The molecular formula is C23H19N5O5. The van der Waals surface area contributed by atoms with E-state index in [0.29, 0.717) is 34.5 Å². The molecule has 10 heteroatoms. The standard InChI is InChI=1S/C23H19N5O5/c1-33-23(32)17-5-3-2-4-16(17)18-12-28(26-25-18)14-6-7-15-13(10-14)11-27(22(15)31)19-8-9-20(29)24-21(19)30/h2-7,10,12,19H,8-9,11H2,1H3,(H,24,29,30). The number of carbonyl (C=O) groups excluding carboxylic acids is 4. The van der Waals surface area contributed by atoms with E-state index < -0.39 is 17.9 Å². The number of carbonyl (C=O) groups is 4. The van der Waals surface area contributed by atoms with Crippen molar-refractivity contribution in [2.24, 2.45) is 0 Å². The molecule has 1 fully saturated rings. The van der Waals surface area contributed by atoms with Crippen LogP contribution in [-0.4, -0.2) is 56.7 Å². The summed E-state index contributed by atoms with van der Waals surface area (Å²) in [7, 11) is 1.32. The summed E-state index contributed by atoms with van der Waals surface area (Å²) in [5.41, 5.74) is 3.43. The Morgan fingerprint density at radius 3 is 2.73 bits per heavy atom. The molecule has 166 valence electrons. The Hall–Kier alpha value is -4.34.